The Bertz CT molecular complexity index is 1070. The number of hydrogen-bond acceptors (Lipinski definition) is 6. The second-order valence-electron chi connectivity index (χ2n) is 5.19. The molecule has 4 aromatic rings. The largest absolute Gasteiger partial charge is 0.360 e. The van der Waals surface area contributed by atoms with Crippen LogP contribution in [0.3, 0.4) is 0 Å². The van der Waals surface area contributed by atoms with Crippen molar-refractivity contribution < 1.29 is 9.59 Å². The number of amides is 1. The van der Waals surface area contributed by atoms with Crippen molar-refractivity contribution in [3.8, 4) is 10.6 Å². The molecular formula is C17H11N5O2S. The van der Waals surface area contributed by atoms with Crippen molar-refractivity contribution in [3.05, 3.63) is 60.6 Å². The summed E-state index contributed by atoms with van der Waals surface area (Å²) in [6.45, 7) is 0. The van der Waals surface area contributed by atoms with Gasteiger partial charge in [0, 0.05) is 35.1 Å². The Hall–Kier alpha value is -3.39. The van der Waals surface area contributed by atoms with Crippen LogP contribution >= 0.6 is 11.3 Å². The highest BCUT2D eigenvalue weighted by molar-refractivity contribution is 7.18. The van der Waals surface area contributed by atoms with Crippen LogP contribution < -0.4 is 5.32 Å². The van der Waals surface area contributed by atoms with Crippen LogP contribution in [0.4, 0.5) is 5.13 Å². The highest BCUT2D eigenvalue weighted by Crippen LogP contribution is 2.25. The van der Waals surface area contributed by atoms with Gasteiger partial charge in [-0.05, 0) is 18.2 Å². The number of aromatic amines is 1. The summed E-state index contributed by atoms with van der Waals surface area (Å²) in [7, 11) is 0. The topological polar surface area (TPSA) is 101 Å². The SMILES string of the molecule is O=C(Nc1nnc(-c2cccnc2)s1)C(=O)c1c[nH]c2ccccc12. The predicted octanol–water partition coefficient (Wildman–Crippen LogP) is 2.90. The van der Waals surface area contributed by atoms with E-state index < -0.39 is 11.7 Å². The molecule has 2 N–H and O–H groups in total. The van der Waals surface area contributed by atoms with Gasteiger partial charge in [0.1, 0.15) is 0 Å². The molecule has 0 radical (unpaired) electrons. The molecule has 0 saturated heterocycles. The number of hydrogen-bond donors (Lipinski definition) is 2. The zero-order valence-electron chi connectivity index (χ0n) is 12.8. The molecule has 0 atom stereocenters. The Morgan fingerprint density at radius 2 is 1.96 bits per heavy atom. The summed E-state index contributed by atoms with van der Waals surface area (Å²) in [5.41, 5.74) is 1.92. The number of anilines is 1. The zero-order valence-corrected chi connectivity index (χ0v) is 13.6. The minimum Gasteiger partial charge on any atom is -0.360 e. The molecule has 0 bridgehead atoms. The van der Waals surface area contributed by atoms with Crippen LogP contribution in [0, 0.1) is 0 Å². The molecule has 0 fully saturated rings. The Kier molecular flexibility index (Phi) is 3.79. The average Bonchev–Trinajstić information content (AvgIpc) is 3.29. The lowest BCUT2D eigenvalue weighted by Crippen LogP contribution is -2.22. The van der Waals surface area contributed by atoms with E-state index in [1.165, 1.54) is 17.5 Å². The first-order chi connectivity index (χ1) is 12.2. The summed E-state index contributed by atoms with van der Waals surface area (Å²) in [4.78, 5) is 31.7. The van der Waals surface area contributed by atoms with Crippen LogP contribution in [0.2, 0.25) is 0 Å². The summed E-state index contributed by atoms with van der Waals surface area (Å²) in [6.07, 6.45) is 4.85. The van der Waals surface area contributed by atoms with E-state index in [1.54, 1.807) is 24.5 Å². The molecule has 4 rings (SSSR count). The number of ketones is 1. The number of rotatable bonds is 4. The second-order valence-corrected chi connectivity index (χ2v) is 6.16. The average molecular weight is 349 g/mol. The van der Waals surface area contributed by atoms with E-state index in [2.05, 4.69) is 25.5 Å². The van der Waals surface area contributed by atoms with E-state index in [-0.39, 0.29) is 5.13 Å². The number of carbonyl (C=O) groups is 2. The number of aromatic nitrogens is 4. The Balaban J connectivity index is 1.54. The van der Waals surface area contributed by atoms with Crippen molar-refractivity contribution in [2.45, 2.75) is 0 Å². The highest BCUT2D eigenvalue weighted by atomic mass is 32.1. The second kappa shape index (κ2) is 6.25. The van der Waals surface area contributed by atoms with Crippen LogP contribution in [0.15, 0.2) is 55.0 Å². The molecule has 0 aliphatic carbocycles. The van der Waals surface area contributed by atoms with Crippen molar-refractivity contribution in [1.29, 1.82) is 0 Å². The Labute approximate surface area is 145 Å². The molecule has 0 aliphatic heterocycles. The zero-order chi connectivity index (χ0) is 17.2. The molecule has 1 amide bonds. The molecular weight excluding hydrogens is 338 g/mol. The fourth-order valence-electron chi connectivity index (χ4n) is 2.42. The summed E-state index contributed by atoms with van der Waals surface area (Å²) >= 11 is 1.18. The molecule has 0 saturated carbocycles. The third-order valence-corrected chi connectivity index (χ3v) is 4.48. The maximum Gasteiger partial charge on any atom is 0.298 e. The molecule has 122 valence electrons. The maximum atomic E-state index is 12.4. The van der Waals surface area contributed by atoms with Gasteiger partial charge in [-0.3, -0.25) is 19.9 Å². The predicted molar refractivity (Wildman–Crippen MR) is 94.4 cm³/mol. The first kappa shape index (κ1) is 15.2. The van der Waals surface area contributed by atoms with Gasteiger partial charge in [0.05, 0.1) is 5.56 Å². The van der Waals surface area contributed by atoms with Crippen molar-refractivity contribution in [3.63, 3.8) is 0 Å². The molecule has 25 heavy (non-hydrogen) atoms. The summed E-state index contributed by atoms with van der Waals surface area (Å²) < 4.78 is 0. The lowest BCUT2D eigenvalue weighted by atomic mass is 10.1. The first-order valence-corrected chi connectivity index (χ1v) is 8.20. The minimum atomic E-state index is -0.751. The number of H-pyrrole nitrogens is 1. The van der Waals surface area contributed by atoms with Gasteiger partial charge in [-0.25, -0.2) is 0 Å². The molecule has 0 unspecified atom stereocenters. The third-order valence-electron chi connectivity index (χ3n) is 3.59. The normalized spacial score (nSPS) is 10.7. The van der Waals surface area contributed by atoms with E-state index >= 15 is 0 Å². The molecule has 0 spiro atoms. The number of benzene rings is 1. The quantitative estimate of drug-likeness (QED) is 0.436. The van der Waals surface area contributed by atoms with Crippen molar-refractivity contribution in [2.24, 2.45) is 0 Å². The number of nitrogens with zero attached hydrogens (tertiary/aromatic N) is 3. The standard InChI is InChI=1S/C17H11N5O2S/c23-14(12-9-19-13-6-2-1-5-11(12)13)15(24)20-17-22-21-16(25-17)10-4-3-7-18-8-10/h1-9,19H,(H,20,22,24). The van der Waals surface area contributed by atoms with Crippen LogP contribution in [0.5, 0.6) is 0 Å². The van der Waals surface area contributed by atoms with Crippen molar-refractivity contribution in [1.82, 2.24) is 20.2 Å². The minimum absolute atomic E-state index is 0.261. The first-order valence-electron chi connectivity index (χ1n) is 7.38. The fraction of sp³-hybridized carbons (Fsp3) is 0. The smallest absolute Gasteiger partial charge is 0.298 e. The molecule has 3 heterocycles. The molecule has 0 aliphatic rings. The van der Waals surface area contributed by atoms with E-state index in [9.17, 15) is 9.59 Å². The van der Waals surface area contributed by atoms with E-state index in [0.29, 0.717) is 16.0 Å². The number of fused-ring (bicyclic) bond motifs is 1. The maximum absolute atomic E-state index is 12.4. The molecule has 3 aromatic heterocycles. The van der Waals surface area contributed by atoms with E-state index in [1.807, 2.05) is 24.3 Å². The Morgan fingerprint density at radius 3 is 2.80 bits per heavy atom. The van der Waals surface area contributed by atoms with Gasteiger partial charge in [-0.2, -0.15) is 0 Å². The monoisotopic (exact) mass is 349 g/mol. The van der Waals surface area contributed by atoms with Gasteiger partial charge >= 0.3 is 0 Å². The van der Waals surface area contributed by atoms with Crippen LogP contribution in [-0.4, -0.2) is 31.9 Å². The summed E-state index contributed by atoms with van der Waals surface area (Å²) in [5, 5.41) is 12.0. The number of para-hydroxylation sites is 1. The Morgan fingerprint density at radius 1 is 1.08 bits per heavy atom. The lowest BCUT2D eigenvalue weighted by molar-refractivity contribution is -0.112. The summed E-state index contributed by atoms with van der Waals surface area (Å²) in [6, 6.07) is 10.9. The molecule has 7 nitrogen and oxygen atoms in total. The van der Waals surface area contributed by atoms with Gasteiger partial charge in [0.15, 0.2) is 5.01 Å². The number of carbonyl (C=O) groups excluding carboxylic acids is 2. The van der Waals surface area contributed by atoms with Gasteiger partial charge < -0.3 is 4.98 Å². The van der Waals surface area contributed by atoms with Gasteiger partial charge in [-0.1, -0.05) is 29.5 Å². The molecule has 8 heteroatoms. The van der Waals surface area contributed by atoms with Crippen LogP contribution in [0.25, 0.3) is 21.5 Å². The molecule has 1 aromatic carbocycles. The van der Waals surface area contributed by atoms with E-state index in [0.717, 1.165) is 11.1 Å². The number of Topliss-reactive ketones (excluding diaryl/α,β-unsaturated/α-hetero) is 1. The third kappa shape index (κ3) is 2.90. The number of nitrogens with one attached hydrogen (secondary N) is 2. The highest BCUT2D eigenvalue weighted by Gasteiger charge is 2.21. The lowest BCUT2D eigenvalue weighted by Gasteiger charge is -1.99. The van der Waals surface area contributed by atoms with E-state index in [4.69, 9.17) is 0 Å². The van der Waals surface area contributed by atoms with Gasteiger partial charge in [0.25, 0.3) is 11.7 Å². The summed E-state index contributed by atoms with van der Waals surface area (Å²) in [5.74, 6) is -1.38. The van der Waals surface area contributed by atoms with Gasteiger partial charge in [0.2, 0.25) is 5.13 Å². The van der Waals surface area contributed by atoms with Crippen molar-refractivity contribution in [2.75, 3.05) is 5.32 Å². The fourth-order valence-corrected chi connectivity index (χ4v) is 3.14. The van der Waals surface area contributed by atoms with Crippen LogP contribution in [0.1, 0.15) is 10.4 Å². The number of pyridine rings is 1. The van der Waals surface area contributed by atoms with Crippen LogP contribution in [-0.2, 0) is 4.79 Å². The van der Waals surface area contributed by atoms with Gasteiger partial charge in [-0.15, -0.1) is 10.2 Å². The van der Waals surface area contributed by atoms with Crippen molar-refractivity contribution >= 4 is 39.1 Å².